The Morgan fingerprint density at radius 3 is 2.53 bits per heavy atom. The number of aliphatic hydroxyl groups is 2. The molecular weight excluding hydrogens is 413 g/mol. The van der Waals surface area contributed by atoms with Gasteiger partial charge in [0.15, 0.2) is 5.60 Å². The van der Waals surface area contributed by atoms with Crippen LogP contribution in [-0.4, -0.2) is 28.1 Å². The Morgan fingerprint density at radius 1 is 1.16 bits per heavy atom. The van der Waals surface area contributed by atoms with Crippen molar-refractivity contribution in [3.63, 3.8) is 0 Å². The van der Waals surface area contributed by atoms with E-state index < -0.39 is 11.8 Å². The second kappa shape index (κ2) is 8.15. The molecule has 0 radical (unpaired) electrons. The van der Waals surface area contributed by atoms with Crippen molar-refractivity contribution in [3.05, 3.63) is 24.3 Å². The molecule has 0 spiro atoms. The number of halogens is 3. The second-order valence-corrected chi connectivity index (χ2v) is 12.0. The van der Waals surface area contributed by atoms with Crippen molar-refractivity contribution in [2.45, 2.75) is 103 Å². The summed E-state index contributed by atoms with van der Waals surface area (Å²) in [6.07, 6.45) is 6.74. The maximum Gasteiger partial charge on any atom is 0.420 e. The van der Waals surface area contributed by atoms with Crippen LogP contribution < -0.4 is 0 Å². The average molecular weight is 455 g/mol. The van der Waals surface area contributed by atoms with E-state index in [2.05, 4.69) is 33.4 Å². The van der Waals surface area contributed by atoms with Gasteiger partial charge < -0.3 is 10.2 Å². The van der Waals surface area contributed by atoms with Crippen molar-refractivity contribution in [2.24, 2.45) is 40.4 Å². The summed E-state index contributed by atoms with van der Waals surface area (Å²) in [5, 5.41) is 20.3. The summed E-state index contributed by atoms with van der Waals surface area (Å²) in [4.78, 5) is 0. The zero-order valence-corrected chi connectivity index (χ0v) is 19.9. The van der Waals surface area contributed by atoms with E-state index in [1.165, 1.54) is 18.4 Å². The molecule has 4 rings (SSSR count). The lowest BCUT2D eigenvalue weighted by atomic mass is 9.47. The molecule has 2 N–H and O–H groups in total. The topological polar surface area (TPSA) is 40.5 Å². The first kappa shape index (κ1) is 24.3. The van der Waals surface area contributed by atoms with Gasteiger partial charge >= 0.3 is 6.18 Å². The molecule has 3 fully saturated rings. The lowest BCUT2D eigenvalue weighted by Gasteiger charge is -2.58. The van der Waals surface area contributed by atoms with Gasteiger partial charge in [0.25, 0.3) is 0 Å². The molecule has 0 amide bonds. The fourth-order valence-electron chi connectivity index (χ4n) is 8.63. The van der Waals surface area contributed by atoms with Gasteiger partial charge in [0.2, 0.25) is 0 Å². The minimum atomic E-state index is -4.68. The standard InChI is InChI=1S/C27H41F3O2/c1-5-26(32,27(28,29)30)15-10-17(2)21-8-9-22-20-7-6-18-16-19(31)11-13-24(18,3)23(20)12-14-25(21,22)4/h5-6,17,19-23,31-32H,1,7-16H2,2-4H3/t17-,19+,20+,21-,22+,23+,24+,25-,26+/m1/s1. The quantitative estimate of drug-likeness (QED) is 0.447. The van der Waals surface area contributed by atoms with Crippen molar-refractivity contribution in [3.8, 4) is 0 Å². The summed E-state index contributed by atoms with van der Waals surface area (Å²) in [5.74, 6) is 2.48. The molecule has 0 heterocycles. The van der Waals surface area contributed by atoms with E-state index in [4.69, 9.17) is 0 Å². The van der Waals surface area contributed by atoms with Crippen LogP contribution in [0.15, 0.2) is 24.3 Å². The number of aliphatic hydroxyl groups excluding tert-OH is 1. The van der Waals surface area contributed by atoms with Crippen LogP contribution in [0.2, 0.25) is 0 Å². The SMILES string of the molecule is C=C[C@](O)(CC[C@@H](C)[C@H]1CC[C@H]2[C@@H]3CC=C4C[C@@H](O)CC[C@]4(C)[C@H]3CC[C@]12C)C(F)(F)F. The Morgan fingerprint density at radius 2 is 1.88 bits per heavy atom. The number of fused-ring (bicyclic) bond motifs is 5. The van der Waals surface area contributed by atoms with Gasteiger partial charge in [-0.2, -0.15) is 13.2 Å². The largest absolute Gasteiger partial charge is 0.420 e. The van der Waals surface area contributed by atoms with Crippen LogP contribution in [0.1, 0.15) is 85.0 Å². The van der Waals surface area contributed by atoms with E-state index in [-0.39, 0.29) is 29.3 Å². The Hall–Kier alpha value is -0.810. The normalized spacial score (nSPS) is 44.5. The van der Waals surface area contributed by atoms with Gasteiger partial charge in [-0.15, -0.1) is 0 Å². The van der Waals surface area contributed by atoms with E-state index >= 15 is 0 Å². The molecule has 0 bridgehead atoms. The number of rotatable bonds is 5. The van der Waals surface area contributed by atoms with E-state index in [9.17, 15) is 23.4 Å². The van der Waals surface area contributed by atoms with Crippen LogP contribution in [0.5, 0.6) is 0 Å². The molecule has 4 aliphatic carbocycles. The third-order valence-corrected chi connectivity index (χ3v) is 10.6. The van der Waals surface area contributed by atoms with Gasteiger partial charge in [0, 0.05) is 0 Å². The van der Waals surface area contributed by atoms with E-state index in [0.29, 0.717) is 36.2 Å². The highest BCUT2D eigenvalue weighted by atomic mass is 19.4. The number of allylic oxidation sites excluding steroid dienone is 1. The Balaban J connectivity index is 1.49. The summed E-state index contributed by atoms with van der Waals surface area (Å²) in [6.45, 7) is 10.2. The number of hydrogen-bond donors (Lipinski definition) is 2. The predicted molar refractivity (Wildman–Crippen MR) is 121 cm³/mol. The maximum atomic E-state index is 13.3. The molecule has 3 saturated carbocycles. The molecule has 5 heteroatoms. The van der Waals surface area contributed by atoms with Gasteiger partial charge in [-0.25, -0.2) is 0 Å². The molecule has 0 aromatic heterocycles. The minimum absolute atomic E-state index is 0.144. The molecule has 32 heavy (non-hydrogen) atoms. The molecule has 4 aliphatic rings. The summed E-state index contributed by atoms with van der Waals surface area (Å²) in [7, 11) is 0. The monoisotopic (exact) mass is 454 g/mol. The summed E-state index contributed by atoms with van der Waals surface area (Å²) in [6, 6.07) is 0. The molecule has 2 nitrogen and oxygen atoms in total. The molecule has 182 valence electrons. The van der Waals surface area contributed by atoms with Gasteiger partial charge in [0.05, 0.1) is 6.10 Å². The fourth-order valence-corrected chi connectivity index (χ4v) is 8.63. The summed E-state index contributed by atoms with van der Waals surface area (Å²) < 4.78 is 39.9. The third kappa shape index (κ3) is 3.70. The van der Waals surface area contributed by atoms with Crippen LogP contribution >= 0.6 is 0 Å². The van der Waals surface area contributed by atoms with Crippen LogP contribution in [0.4, 0.5) is 13.2 Å². The minimum Gasteiger partial charge on any atom is -0.393 e. The van der Waals surface area contributed by atoms with Crippen LogP contribution in [0.3, 0.4) is 0 Å². The van der Waals surface area contributed by atoms with Gasteiger partial charge in [-0.3, -0.25) is 0 Å². The first-order chi connectivity index (χ1) is 14.9. The van der Waals surface area contributed by atoms with Gasteiger partial charge in [-0.1, -0.05) is 45.1 Å². The lowest BCUT2D eigenvalue weighted by Crippen LogP contribution is -2.51. The van der Waals surface area contributed by atoms with Crippen molar-refractivity contribution in [2.75, 3.05) is 0 Å². The Labute approximate surface area is 191 Å². The van der Waals surface area contributed by atoms with Crippen molar-refractivity contribution >= 4 is 0 Å². The molecule has 9 atom stereocenters. The number of hydrogen-bond acceptors (Lipinski definition) is 2. The first-order valence-corrected chi connectivity index (χ1v) is 12.7. The van der Waals surface area contributed by atoms with E-state index in [0.717, 1.165) is 38.5 Å². The average Bonchev–Trinajstić information content (AvgIpc) is 3.08. The van der Waals surface area contributed by atoms with Crippen molar-refractivity contribution in [1.82, 2.24) is 0 Å². The predicted octanol–water partition coefficient (Wildman–Crippen LogP) is 6.82. The molecule has 0 aliphatic heterocycles. The molecule has 0 unspecified atom stereocenters. The highest BCUT2D eigenvalue weighted by Gasteiger charge is 2.59. The van der Waals surface area contributed by atoms with Crippen molar-refractivity contribution < 1.29 is 23.4 Å². The highest BCUT2D eigenvalue weighted by Crippen LogP contribution is 2.67. The molecular formula is C27H41F3O2. The second-order valence-electron chi connectivity index (χ2n) is 12.0. The molecule has 0 saturated heterocycles. The van der Waals surface area contributed by atoms with E-state index in [1.54, 1.807) is 0 Å². The third-order valence-electron chi connectivity index (χ3n) is 10.6. The maximum absolute atomic E-state index is 13.3. The lowest BCUT2D eigenvalue weighted by molar-refractivity contribution is -0.243. The zero-order valence-electron chi connectivity index (χ0n) is 19.9. The fraction of sp³-hybridized carbons (Fsp3) is 0.852. The smallest absolute Gasteiger partial charge is 0.393 e. The molecule has 0 aromatic carbocycles. The Kier molecular flexibility index (Phi) is 6.19. The van der Waals surface area contributed by atoms with E-state index in [1.807, 2.05) is 0 Å². The molecule has 0 aromatic rings. The van der Waals surface area contributed by atoms with Gasteiger partial charge in [0.1, 0.15) is 0 Å². The van der Waals surface area contributed by atoms with Crippen LogP contribution in [0.25, 0.3) is 0 Å². The number of alkyl halides is 3. The zero-order chi connectivity index (χ0) is 23.5. The van der Waals surface area contributed by atoms with Crippen LogP contribution in [-0.2, 0) is 0 Å². The summed E-state index contributed by atoms with van der Waals surface area (Å²) in [5.41, 5.74) is -0.941. The summed E-state index contributed by atoms with van der Waals surface area (Å²) >= 11 is 0. The highest BCUT2D eigenvalue weighted by molar-refractivity contribution is 5.25. The Bertz CT molecular complexity index is 760. The van der Waals surface area contributed by atoms with Crippen molar-refractivity contribution in [1.29, 1.82) is 0 Å². The first-order valence-electron chi connectivity index (χ1n) is 12.7. The van der Waals surface area contributed by atoms with Gasteiger partial charge in [-0.05, 0) is 105 Å². The van der Waals surface area contributed by atoms with Crippen LogP contribution in [0, 0.1) is 40.4 Å².